The molecule has 104 valence electrons. The minimum absolute atomic E-state index is 0.221. The number of nitrogens with zero attached hydrogens (tertiary/aromatic N) is 2. The van der Waals surface area contributed by atoms with Gasteiger partial charge in [-0.3, -0.25) is 0 Å². The minimum atomic E-state index is -0.834. The van der Waals surface area contributed by atoms with Gasteiger partial charge in [-0.05, 0) is 30.5 Å². The van der Waals surface area contributed by atoms with Crippen molar-refractivity contribution < 1.29 is 15.0 Å². The number of anilines is 1. The lowest BCUT2D eigenvalue weighted by Gasteiger charge is -2.34. The lowest BCUT2D eigenvalue weighted by Crippen LogP contribution is -2.48. The number of aliphatic hydroxyl groups is 1. The van der Waals surface area contributed by atoms with Crippen LogP contribution in [0.15, 0.2) is 24.3 Å². The van der Waals surface area contributed by atoms with Crippen LogP contribution >= 0.6 is 0 Å². The number of hydrogen-bond acceptors (Lipinski definition) is 3. The summed E-state index contributed by atoms with van der Waals surface area (Å²) >= 11 is 0. The van der Waals surface area contributed by atoms with E-state index in [0.717, 1.165) is 31.6 Å². The number of hydrogen-bond donors (Lipinski definition) is 2. The van der Waals surface area contributed by atoms with E-state index >= 15 is 0 Å². The molecule has 0 bridgehead atoms. The molecule has 5 heteroatoms. The topological polar surface area (TPSA) is 64.0 Å². The zero-order valence-corrected chi connectivity index (χ0v) is 11.0. The fourth-order valence-electron chi connectivity index (χ4n) is 2.31. The minimum Gasteiger partial charge on any atom is -0.465 e. The van der Waals surface area contributed by atoms with Crippen molar-refractivity contribution in [2.24, 2.45) is 0 Å². The molecule has 1 aliphatic rings. The molecule has 0 aromatic heterocycles. The van der Waals surface area contributed by atoms with Gasteiger partial charge in [-0.2, -0.15) is 0 Å². The lowest BCUT2D eigenvalue weighted by atomic mass is 10.1. The third-order valence-corrected chi connectivity index (χ3v) is 3.48. The van der Waals surface area contributed by atoms with E-state index in [9.17, 15) is 4.79 Å². The molecule has 1 fully saturated rings. The van der Waals surface area contributed by atoms with E-state index in [2.05, 4.69) is 29.2 Å². The van der Waals surface area contributed by atoms with Crippen molar-refractivity contribution >= 4 is 11.8 Å². The average Bonchev–Trinajstić information content (AvgIpc) is 2.46. The van der Waals surface area contributed by atoms with Gasteiger partial charge in [0.2, 0.25) is 0 Å². The molecule has 1 amide bonds. The van der Waals surface area contributed by atoms with Gasteiger partial charge in [-0.25, -0.2) is 4.79 Å². The monoisotopic (exact) mass is 264 g/mol. The summed E-state index contributed by atoms with van der Waals surface area (Å²) in [6.45, 7) is 2.81. The van der Waals surface area contributed by atoms with Crippen LogP contribution in [0.2, 0.25) is 0 Å². The third-order valence-electron chi connectivity index (χ3n) is 3.48. The molecular weight excluding hydrogens is 244 g/mol. The fraction of sp³-hybridized carbons (Fsp3) is 0.500. The summed E-state index contributed by atoms with van der Waals surface area (Å²) in [7, 11) is 0. The summed E-state index contributed by atoms with van der Waals surface area (Å²) in [4.78, 5) is 14.5. The maximum absolute atomic E-state index is 10.8. The Labute approximate surface area is 113 Å². The Hall–Kier alpha value is -1.75. The van der Waals surface area contributed by atoms with Gasteiger partial charge in [0.25, 0.3) is 0 Å². The van der Waals surface area contributed by atoms with Crippen molar-refractivity contribution in [2.45, 2.75) is 12.8 Å². The first kappa shape index (κ1) is 13.7. The van der Waals surface area contributed by atoms with Crippen molar-refractivity contribution in [1.82, 2.24) is 4.90 Å². The summed E-state index contributed by atoms with van der Waals surface area (Å²) in [5.74, 6) is 0. The van der Waals surface area contributed by atoms with Crippen LogP contribution in [0.3, 0.4) is 0 Å². The van der Waals surface area contributed by atoms with Gasteiger partial charge in [0.15, 0.2) is 0 Å². The standard InChI is InChI=1S/C14H20N2O3/c17-11-1-2-12-3-5-13(6-4-12)15-7-9-16(10-8-15)14(18)19/h3-6,17H,1-2,7-11H2,(H,18,19). The van der Waals surface area contributed by atoms with Crippen LogP contribution < -0.4 is 4.90 Å². The average molecular weight is 264 g/mol. The maximum Gasteiger partial charge on any atom is 0.407 e. The summed E-state index contributed by atoms with van der Waals surface area (Å²) in [5.41, 5.74) is 2.36. The van der Waals surface area contributed by atoms with Crippen LogP contribution in [0.25, 0.3) is 0 Å². The Kier molecular flexibility index (Phi) is 4.63. The summed E-state index contributed by atoms with van der Waals surface area (Å²) in [6, 6.07) is 8.30. The highest BCUT2D eigenvalue weighted by Gasteiger charge is 2.20. The van der Waals surface area contributed by atoms with Gasteiger partial charge in [0.1, 0.15) is 0 Å². The number of carboxylic acid groups (broad SMARTS) is 1. The van der Waals surface area contributed by atoms with Crippen LogP contribution in [0.4, 0.5) is 10.5 Å². The van der Waals surface area contributed by atoms with Gasteiger partial charge < -0.3 is 20.0 Å². The second kappa shape index (κ2) is 6.43. The summed E-state index contributed by atoms with van der Waals surface area (Å²) in [6.07, 6.45) is 0.847. The smallest absolute Gasteiger partial charge is 0.407 e. The SMILES string of the molecule is O=C(O)N1CCN(c2ccc(CCCO)cc2)CC1. The van der Waals surface area contributed by atoms with Crippen molar-refractivity contribution in [3.63, 3.8) is 0 Å². The molecule has 19 heavy (non-hydrogen) atoms. The van der Waals surface area contributed by atoms with Crippen molar-refractivity contribution in [2.75, 3.05) is 37.7 Å². The normalized spacial score (nSPS) is 15.6. The number of aryl methyl sites for hydroxylation is 1. The van der Waals surface area contributed by atoms with E-state index in [1.165, 1.54) is 10.5 Å². The lowest BCUT2D eigenvalue weighted by molar-refractivity contribution is 0.142. The van der Waals surface area contributed by atoms with Crippen LogP contribution in [0.5, 0.6) is 0 Å². The van der Waals surface area contributed by atoms with Gasteiger partial charge in [-0.15, -0.1) is 0 Å². The fourth-order valence-corrected chi connectivity index (χ4v) is 2.31. The van der Waals surface area contributed by atoms with Gasteiger partial charge >= 0.3 is 6.09 Å². The van der Waals surface area contributed by atoms with Crippen LogP contribution in [-0.2, 0) is 6.42 Å². The molecule has 2 rings (SSSR count). The molecule has 1 aliphatic heterocycles. The van der Waals surface area contributed by atoms with E-state index in [-0.39, 0.29) is 6.61 Å². The Morgan fingerprint density at radius 1 is 1.11 bits per heavy atom. The quantitative estimate of drug-likeness (QED) is 0.863. The highest BCUT2D eigenvalue weighted by atomic mass is 16.4. The third kappa shape index (κ3) is 3.61. The van der Waals surface area contributed by atoms with Crippen LogP contribution in [0, 0.1) is 0 Å². The molecule has 1 saturated heterocycles. The molecule has 1 heterocycles. The first-order chi connectivity index (χ1) is 9.20. The highest BCUT2D eigenvalue weighted by molar-refractivity contribution is 5.65. The Balaban J connectivity index is 1.90. The van der Waals surface area contributed by atoms with E-state index in [1.54, 1.807) is 0 Å². The molecule has 0 saturated carbocycles. The van der Waals surface area contributed by atoms with E-state index < -0.39 is 6.09 Å². The molecule has 1 aromatic rings. The molecular formula is C14H20N2O3. The zero-order chi connectivity index (χ0) is 13.7. The predicted molar refractivity (Wildman–Crippen MR) is 73.7 cm³/mol. The Morgan fingerprint density at radius 2 is 1.74 bits per heavy atom. The number of amides is 1. The largest absolute Gasteiger partial charge is 0.465 e. The Bertz CT molecular complexity index is 411. The summed E-state index contributed by atoms with van der Waals surface area (Å²) in [5, 5.41) is 17.7. The van der Waals surface area contributed by atoms with Crippen molar-refractivity contribution in [3.8, 4) is 0 Å². The molecule has 0 atom stereocenters. The molecule has 2 N–H and O–H groups in total. The highest BCUT2D eigenvalue weighted by Crippen LogP contribution is 2.18. The van der Waals surface area contributed by atoms with Crippen molar-refractivity contribution in [3.05, 3.63) is 29.8 Å². The predicted octanol–water partition coefficient (Wildman–Crippen LogP) is 1.41. The number of rotatable bonds is 4. The van der Waals surface area contributed by atoms with E-state index in [1.807, 2.05) is 0 Å². The molecule has 0 unspecified atom stereocenters. The molecule has 0 aliphatic carbocycles. The van der Waals surface area contributed by atoms with Gasteiger partial charge in [0, 0.05) is 38.5 Å². The number of piperazine rings is 1. The van der Waals surface area contributed by atoms with E-state index in [4.69, 9.17) is 10.2 Å². The molecule has 0 spiro atoms. The number of benzene rings is 1. The molecule has 0 radical (unpaired) electrons. The number of carbonyl (C=O) groups is 1. The second-order valence-corrected chi connectivity index (χ2v) is 4.75. The maximum atomic E-state index is 10.8. The van der Waals surface area contributed by atoms with E-state index in [0.29, 0.717) is 13.1 Å². The van der Waals surface area contributed by atoms with Gasteiger partial charge in [-0.1, -0.05) is 12.1 Å². The van der Waals surface area contributed by atoms with Crippen LogP contribution in [0.1, 0.15) is 12.0 Å². The molecule has 1 aromatic carbocycles. The Morgan fingerprint density at radius 3 is 2.26 bits per heavy atom. The first-order valence-corrected chi connectivity index (χ1v) is 6.63. The molecule has 5 nitrogen and oxygen atoms in total. The first-order valence-electron chi connectivity index (χ1n) is 6.63. The van der Waals surface area contributed by atoms with Crippen molar-refractivity contribution in [1.29, 1.82) is 0 Å². The summed E-state index contributed by atoms with van der Waals surface area (Å²) < 4.78 is 0. The zero-order valence-electron chi connectivity index (χ0n) is 11.0. The second-order valence-electron chi connectivity index (χ2n) is 4.75. The number of aliphatic hydroxyl groups excluding tert-OH is 1. The van der Waals surface area contributed by atoms with Gasteiger partial charge in [0.05, 0.1) is 0 Å². The van der Waals surface area contributed by atoms with Crippen LogP contribution in [-0.4, -0.2) is 54.0 Å².